The number of terminal acetylenes is 1. The van der Waals surface area contributed by atoms with Crippen LogP contribution in [0.1, 0.15) is 31.4 Å². The van der Waals surface area contributed by atoms with Gasteiger partial charge in [-0.25, -0.2) is 0 Å². The van der Waals surface area contributed by atoms with E-state index in [-0.39, 0.29) is 6.61 Å². The molecule has 0 spiro atoms. The van der Waals surface area contributed by atoms with E-state index in [0.29, 0.717) is 0 Å². The summed E-state index contributed by atoms with van der Waals surface area (Å²) < 4.78 is 0. The van der Waals surface area contributed by atoms with Crippen LogP contribution in [-0.2, 0) is 13.0 Å². The Morgan fingerprint density at radius 1 is 1.14 bits per heavy atom. The van der Waals surface area contributed by atoms with Crippen LogP contribution >= 0.6 is 0 Å². The molecule has 76 valence electrons. The van der Waals surface area contributed by atoms with Crippen molar-refractivity contribution in [2.45, 2.75) is 33.3 Å². The first-order valence-corrected chi connectivity index (χ1v) is 4.99. The summed E-state index contributed by atoms with van der Waals surface area (Å²) in [6.45, 7) is 4.11. The highest BCUT2D eigenvalue weighted by Gasteiger charge is 1.91. The Kier molecular flexibility index (Phi) is 7.59. The summed E-state index contributed by atoms with van der Waals surface area (Å²) in [6, 6.07) is 7.85. The van der Waals surface area contributed by atoms with Crippen molar-refractivity contribution in [3.63, 3.8) is 0 Å². The summed E-state index contributed by atoms with van der Waals surface area (Å²) in [5, 5.41) is 8.77. The molecular weight excluding hydrogens is 172 g/mol. The third kappa shape index (κ3) is 4.69. The molecule has 1 aromatic carbocycles. The Labute approximate surface area is 86.8 Å². The predicted octanol–water partition coefficient (Wildman–Crippen LogP) is 2.77. The second-order valence-corrected chi connectivity index (χ2v) is 2.68. The molecule has 0 aliphatic rings. The lowest BCUT2D eigenvalue weighted by atomic mass is 10.1. The van der Waals surface area contributed by atoms with E-state index >= 15 is 0 Å². The maximum Gasteiger partial charge on any atom is 0.0681 e. The zero-order chi connectivity index (χ0) is 10.8. The number of aliphatic hydroxyl groups is 1. The van der Waals surface area contributed by atoms with Gasteiger partial charge in [-0.1, -0.05) is 38.1 Å². The Morgan fingerprint density at radius 3 is 2.07 bits per heavy atom. The van der Waals surface area contributed by atoms with E-state index in [1.165, 1.54) is 5.56 Å². The smallest absolute Gasteiger partial charge is 0.0681 e. The zero-order valence-corrected chi connectivity index (χ0v) is 8.96. The van der Waals surface area contributed by atoms with Gasteiger partial charge in [0.25, 0.3) is 0 Å². The first-order valence-electron chi connectivity index (χ1n) is 4.99. The van der Waals surface area contributed by atoms with Gasteiger partial charge in [0.05, 0.1) is 6.61 Å². The molecule has 0 saturated heterocycles. The standard InChI is InChI=1S/C11H12O.C2H6/c1-2-3-4-10-5-7-11(9-12)8-6-10;1-2/h1,5-8,12H,3-4,9H2;1-2H3. The quantitative estimate of drug-likeness (QED) is 0.727. The molecule has 0 radical (unpaired) electrons. The molecule has 1 N–H and O–H groups in total. The van der Waals surface area contributed by atoms with Gasteiger partial charge in [-0.15, -0.1) is 12.3 Å². The van der Waals surface area contributed by atoms with E-state index in [9.17, 15) is 0 Å². The molecule has 0 atom stereocenters. The normalized spacial score (nSPS) is 8.43. The van der Waals surface area contributed by atoms with Crippen molar-refractivity contribution in [2.75, 3.05) is 0 Å². The Balaban J connectivity index is 0.000000791. The molecule has 0 heterocycles. The molecule has 1 nitrogen and oxygen atoms in total. The van der Waals surface area contributed by atoms with Crippen LogP contribution in [0.25, 0.3) is 0 Å². The average molecular weight is 190 g/mol. The number of hydrogen-bond donors (Lipinski definition) is 1. The average Bonchev–Trinajstić information content (AvgIpc) is 2.30. The molecule has 0 bridgehead atoms. The molecule has 0 fully saturated rings. The summed E-state index contributed by atoms with van der Waals surface area (Å²) in [5.41, 5.74) is 2.17. The Hall–Kier alpha value is -1.26. The van der Waals surface area contributed by atoms with Crippen LogP contribution in [0.3, 0.4) is 0 Å². The molecule has 0 aliphatic heterocycles. The van der Waals surface area contributed by atoms with Crippen molar-refractivity contribution < 1.29 is 5.11 Å². The van der Waals surface area contributed by atoms with Gasteiger partial charge in [0.15, 0.2) is 0 Å². The van der Waals surface area contributed by atoms with E-state index in [1.54, 1.807) is 0 Å². The fourth-order valence-corrected chi connectivity index (χ4v) is 1.03. The third-order valence-corrected chi connectivity index (χ3v) is 1.76. The number of benzene rings is 1. The SMILES string of the molecule is C#CCCc1ccc(CO)cc1.CC. The minimum atomic E-state index is 0.107. The van der Waals surface area contributed by atoms with Crippen LogP contribution in [-0.4, -0.2) is 5.11 Å². The lowest BCUT2D eigenvalue weighted by Gasteiger charge is -1.98. The van der Waals surface area contributed by atoms with Gasteiger partial charge in [-0.2, -0.15) is 0 Å². The summed E-state index contributed by atoms with van der Waals surface area (Å²) in [5.74, 6) is 2.60. The molecule has 1 aromatic rings. The van der Waals surface area contributed by atoms with Crippen molar-refractivity contribution in [3.05, 3.63) is 35.4 Å². The summed E-state index contributed by atoms with van der Waals surface area (Å²) in [6.07, 6.45) is 6.84. The summed E-state index contributed by atoms with van der Waals surface area (Å²) in [4.78, 5) is 0. The summed E-state index contributed by atoms with van der Waals surface area (Å²) >= 11 is 0. The lowest BCUT2D eigenvalue weighted by Crippen LogP contribution is -1.86. The number of aliphatic hydroxyl groups excluding tert-OH is 1. The van der Waals surface area contributed by atoms with E-state index in [4.69, 9.17) is 11.5 Å². The van der Waals surface area contributed by atoms with Gasteiger partial charge in [-0.3, -0.25) is 0 Å². The maximum absolute atomic E-state index is 8.77. The van der Waals surface area contributed by atoms with Gasteiger partial charge in [0, 0.05) is 6.42 Å². The number of hydrogen-bond acceptors (Lipinski definition) is 1. The second kappa shape index (κ2) is 8.34. The predicted molar refractivity (Wildman–Crippen MR) is 60.9 cm³/mol. The molecule has 0 aromatic heterocycles. The van der Waals surface area contributed by atoms with Gasteiger partial charge in [0.1, 0.15) is 0 Å². The van der Waals surface area contributed by atoms with Crippen molar-refractivity contribution >= 4 is 0 Å². The van der Waals surface area contributed by atoms with Crippen molar-refractivity contribution in [1.82, 2.24) is 0 Å². The Bertz CT molecular complexity index is 266. The minimum Gasteiger partial charge on any atom is -0.392 e. The Morgan fingerprint density at radius 2 is 1.64 bits per heavy atom. The molecule has 0 amide bonds. The summed E-state index contributed by atoms with van der Waals surface area (Å²) in [7, 11) is 0. The molecule has 1 rings (SSSR count). The van der Waals surface area contributed by atoms with Crippen LogP contribution in [0.5, 0.6) is 0 Å². The monoisotopic (exact) mass is 190 g/mol. The highest BCUT2D eigenvalue weighted by atomic mass is 16.3. The van der Waals surface area contributed by atoms with Crippen molar-refractivity contribution in [3.8, 4) is 12.3 Å². The van der Waals surface area contributed by atoms with E-state index < -0.39 is 0 Å². The van der Waals surface area contributed by atoms with Crippen LogP contribution in [0.4, 0.5) is 0 Å². The largest absolute Gasteiger partial charge is 0.392 e. The van der Waals surface area contributed by atoms with Gasteiger partial charge < -0.3 is 5.11 Å². The number of rotatable bonds is 3. The van der Waals surface area contributed by atoms with Crippen molar-refractivity contribution in [2.24, 2.45) is 0 Å². The van der Waals surface area contributed by atoms with E-state index in [0.717, 1.165) is 18.4 Å². The van der Waals surface area contributed by atoms with Crippen molar-refractivity contribution in [1.29, 1.82) is 0 Å². The lowest BCUT2D eigenvalue weighted by molar-refractivity contribution is 0.282. The van der Waals surface area contributed by atoms with Gasteiger partial charge in [-0.05, 0) is 17.5 Å². The molecule has 0 unspecified atom stereocenters. The van der Waals surface area contributed by atoms with Crippen LogP contribution in [0, 0.1) is 12.3 Å². The topological polar surface area (TPSA) is 20.2 Å². The minimum absolute atomic E-state index is 0.107. The molecule has 0 saturated carbocycles. The second-order valence-electron chi connectivity index (χ2n) is 2.68. The van der Waals surface area contributed by atoms with Crippen LogP contribution < -0.4 is 0 Å². The molecule has 0 aliphatic carbocycles. The zero-order valence-electron chi connectivity index (χ0n) is 8.96. The van der Waals surface area contributed by atoms with Crippen LogP contribution in [0.15, 0.2) is 24.3 Å². The fraction of sp³-hybridized carbons (Fsp3) is 0.385. The molecule has 1 heteroatoms. The van der Waals surface area contributed by atoms with Crippen LogP contribution in [0.2, 0.25) is 0 Å². The first-order chi connectivity index (χ1) is 6.86. The van der Waals surface area contributed by atoms with E-state index in [2.05, 4.69) is 5.92 Å². The molecular formula is C13H18O. The third-order valence-electron chi connectivity index (χ3n) is 1.76. The molecule has 14 heavy (non-hydrogen) atoms. The first kappa shape index (κ1) is 12.7. The van der Waals surface area contributed by atoms with E-state index in [1.807, 2.05) is 38.1 Å². The maximum atomic E-state index is 8.77. The highest BCUT2D eigenvalue weighted by molar-refractivity contribution is 5.22. The fourth-order valence-electron chi connectivity index (χ4n) is 1.03. The van der Waals surface area contributed by atoms with Gasteiger partial charge >= 0.3 is 0 Å². The number of aryl methyl sites for hydroxylation is 1. The highest BCUT2D eigenvalue weighted by Crippen LogP contribution is 2.05. The van der Waals surface area contributed by atoms with Gasteiger partial charge in [0.2, 0.25) is 0 Å².